The molecule has 1 saturated carbocycles. The van der Waals surface area contributed by atoms with Gasteiger partial charge in [-0.05, 0) is 24.7 Å². The molecule has 0 aromatic carbocycles. The molecule has 16 heavy (non-hydrogen) atoms. The van der Waals surface area contributed by atoms with E-state index >= 15 is 0 Å². The van der Waals surface area contributed by atoms with Crippen LogP contribution in [0.4, 0.5) is 0 Å². The first-order valence-electron chi connectivity index (χ1n) is 6.07. The normalized spacial score (nSPS) is 32.2. The van der Waals surface area contributed by atoms with Gasteiger partial charge in [0.15, 0.2) is 0 Å². The Kier molecular flexibility index (Phi) is 3.80. The maximum atomic E-state index is 11.3. The van der Waals surface area contributed by atoms with Gasteiger partial charge in [-0.15, -0.1) is 0 Å². The number of hydrogen-bond acceptors (Lipinski definition) is 4. The fourth-order valence-corrected chi connectivity index (χ4v) is 2.47. The van der Waals surface area contributed by atoms with Gasteiger partial charge in [-0.3, -0.25) is 9.59 Å². The zero-order valence-corrected chi connectivity index (χ0v) is 9.44. The Morgan fingerprint density at radius 1 is 0.812 bits per heavy atom. The highest BCUT2D eigenvalue weighted by molar-refractivity contribution is 5.77. The molecule has 2 rings (SSSR count). The second kappa shape index (κ2) is 5.32. The lowest BCUT2D eigenvalue weighted by Gasteiger charge is -2.31. The van der Waals surface area contributed by atoms with Gasteiger partial charge in [0, 0.05) is 0 Å². The minimum atomic E-state index is -0.275. The van der Waals surface area contributed by atoms with Crippen LogP contribution in [0, 0.1) is 11.8 Å². The summed E-state index contributed by atoms with van der Waals surface area (Å²) >= 11 is 0. The Morgan fingerprint density at radius 3 is 1.69 bits per heavy atom. The Balaban J connectivity index is 1.97. The molecule has 0 bridgehead atoms. The van der Waals surface area contributed by atoms with E-state index < -0.39 is 0 Å². The summed E-state index contributed by atoms with van der Waals surface area (Å²) in [5.74, 6) is 0.207. The number of ether oxygens (including phenoxy) is 2. The predicted molar refractivity (Wildman–Crippen MR) is 56.6 cm³/mol. The molecule has 0 radical (unpaired) electrons. The van der Waals surface area contributed by atoms with Crippen molar-refractivity contribution in [2.75, 3.05) is 13.2 Å². The van der Waals surface area contributed by atoms with Gasteiger partial charge in [0.1, 0.15) is 0 Å². The van der Waals surface area contributed by atoms with E-state index in [0.717, 1.165) is 12.8 Å². The fraction of sp³-hybridized carbons (Fsp3) is 0.833. The van der Waals surface area contributed by atoms with Crippen LogP contribution in [0.2, 0.25) is 0 Å². The van der Waals surface area contributed by atoms with Crippen molar-refractivity contribution in [1.82, 2.24) is 0 Å². The number of hydrogen-bond donors (Lipinski definition) is 0. The van der Waals surface area contributed by atoms with Gasteiger partial charge in [0.2, 0.25) is 0 Å². The molecule has 0 N–H and O–H groups in total. The Morgan fingerprint density at radius 2 is 1.25 bits per heavy atom. The van der Waals surface area contributed by atoms with E-state index in [1.54, 1.807) is 0 Å². The molecule has 0 aromatic heterocycles. The number of fused-ring (bicyclic) bond motifs is 1. The molecule has 2 fully saturated rings. The molecule has 1 aliphatic heterocycles. The van der Waals surface area contributed by atoms with Gasteiger partial charge in [0.05, 0.1) is 26.1 Å². The molecular formula is C12H18O4. The van der Waals surface area contributed by atoms with Crippen molar-refractivity contribution >= 4 is 11.9 Å². The van der Waals surface area contributed by atoms with Gasteiger partial charge < -0.3 is 9.47 Å². The summed E-state index contributed by atoms with van der Waals surface area (Å²) in [7, 11) is 0. The molecule has 2 unspecified atom stereocenters. The highest BCUT2D eigenvalue weighted by atomic mass is 16.5. The van der Waals surface area contributed by atoms with Crippen LogP contribution in [-0.4, -0.2) is 25.2 Å². The Labute approximate surface area is 95.3 Å². The van der Waals surface area contributed by atoms with Crippen molar-refractivity contribution in [3.05, 3.63) is 0 Å². The van der Waals surface area contributed by atoms with Crippen LogP contribution >= 0.6 is 0 Å². The number of carbonyl (C=O) groups excluding carboxylic acids is 2. The van der Waals surface area contributed by atoms with Gasteiger partial charge in [0.25, 0.3) is 0 Å². The monoisotopic (exact) mass is 226 g/mol. The molecule has 4 nitrogen and oxygen atoms in total. The van der Waals surface area contributed by atoms with E-state index in [9.17, 15) is 9.59 Å². The minimum Gasteiger partial charge on any atom is -0.465 e. The summed E-state index contributed by atoms with van der Waals surface area (Å²) < 4.78 is 10.4. The molecule has 2 atom stereocenters. The largest absolute Gasteiger partial charge is 0.465 e. The summed E-state index contributed by atoms with van der Waals surface area (Å²) in [6.45, 7) is 1.00. The highest BCUT2D eigenvalue weighted by Crippen LogP contribution is 2.31. The molecule has 4 heteroatoms. The molecule has 0 amide bonds. The average Bonchev–Trinajstić information content (AvgIpc) is 2.31. The van der Waals surface area contributed by atoms with Crippen LogP contribution in [0.1, 0.15) is 38.5 Å². The van der Waals surface area contributed by atoms with Gasteiger partial charge in [-0.25, -0.2) is 0 Å². The molecule has 90 valence electrons. The fourth-order valence-electron chi connectivity index (χ4n) is 2.47. The standard InChI is InChI=1S/C12H18O4/c13-11-5-6-12(14)16-8-10-4-2-1-3-9(10)7-15-11/h9-10H,1-8H2. The van der Waals surface area contributed by atoms with Gasteiger partial charge in [-0.2, -0.15) is 0 Å². The lowest BCUT2D eigenvalue weighted by molar-refractivity contribution is -0.156. The lowest BCUT2D eigenvalue weighted by atomic mass is 9.80. The quantitative estimate of drug-likeness (QED) is 0.590. The lowest BCUT2D eigenvalue weighted by Crippen LogP contribution is -2.31. The smallest absolute Gasteiger partial charge is 0.306 e. The molecule has 1 aliphatic carbocycles. The van der Waals surface area contributed by atoms with Crippen molar-refractivity contribution in [1.29, 1.82) is 0 Å². The minimum absolute atomic E-state index is 0.149. The van der Waals surface area contributed by atoms with E-state index in [2.05, 4.69) is 0 Å². The third kappa shape index (κ3) is 2.97. The third-order valence-corrected chi connectivity index (χ3v) is 3.52. The highest BCUT2D eigenvalue weighted by Gasteiger charge is 2.28. The zero-order valence-electron chi connectivity index (χ0n) is 9.44. The molecule has 0 spiro atoms. The van der Waals surface area contributed by atoms with Gasteiger partial charge in [-0.1, -0.05) is 12.8 Å². The van der Waals surface area contributed by atoms with E-state index in [1.165, 1.54) is 12.8 Å². The third-order valence-electron chi connectivity index (χ3n) is 3.52. The van der Waals surface area contributed by atoms with Crippen molar-refractivity contribution in [2.45, 2.75) is 38.5 Å². The topological polar surface area (TPSA) is 52.6 Å². The summed E-state index contributed by atoms with van der Waals surface area (Å²) in [5.41, 5.74) is 0. The first-order chi connectivity index (χ1) is 7.75. The van der Waals surface area contributed by atoms with Crippen LogP contribution in [0.3, 0.4) is 0 Å². The summed E-state index contributed by atoms with van der Waals surface area (Å²) in [6, 6.07) is 0. The van der Waals surface area contributed by atoms with Crippen molar-refractivity contribution in [3.8, 4) is 0 Å². The van der Waals surface area contributed by atoms with Crippen LogP contribution < -0.4 is 0 Å². The maximum Gasteiger partial charge on any atom is 0.306 e. The molecule has 1 saturated heterocycles. The summed E-state index contributed by atoms with van der Waals surface area (Å²) in [6.07, 6.45) is 4.83. The second-order valence-corrected chi connectivity index (χ2v) is 4.67. The summed E-state index contributed by atoms with van der Waals surface area (Å²) in [4.78, 5) is 22.6. The zero-order chi connectivity index (χ0) is 11.4. The van der Waals surface area contributed by atoms with Crippen LogP contribution in [0.15, 0.2) is 0 Å². The molecule has 1 heterocycles. The van der Waals surface area contributed by atoms with E-state index in [-0.39, 0.29) is 24.8 Å². The number of esters is 2. The Hall–Kier alpha value is -1.06. The molecule has 2 aliphatic rings. The van der Waals surface area contributed by atoms with Crippen LogP contribution in [0.5, 0.6) is 0 Å². The van der Waals surface area contributed by atoms with E-state index in [4.69, 9.17) is 9.47 Å². The van der Waals surface area contributed by atoms with Gasteiger partial charge >= 0.3 is 11.9 Å². The Bertz CT molecular complexity index is 246. The number of cyclic esters (lactones) is 2. The number of rotatable bonds is 0. The van der Waals surface area contributed by atoms with E-state index in [1.807, 2.05) is 0 Å². The molecular weight excluding hydrogens is 208 g/mol. The van der Waals surface area contributed by atoms with Crippen LogP contribution in [0.25, 0.3) is 0 Å². The predicted octanol–water partition coefficient (Wildman–Crippen LogP) is 1.67. The van der Waals surface area contributed by atoms with Crippen molar-refractivity contribution in [2.24, 2.45) is 11.8 Å². The molecule has 0 aromatic rings. The van der Waals surface area contributed by atoms with Crippen molar-refractivity contribution < 1.29 is 19.1 Å². The SMILES string of the molecule is O=C1CCC(=O)OCC2CCCCC2CO1. The summed E-state index contributed by atoms with van der Waals surface area (Å²) in [5, 5.41) is 0. The first-order valence-corrected chi connectivity index (χ1v) is 6.07. The van der Waals surface area contributed by atoms with E-state index in [0.29, 0.717) is 25.0 Å². The second-order valence-electron chi connectivity index (χ2n) is 4.67. The average molecular weight is 226 g/mol. The van der Waals surface area contributed by atoms with Crippen molar-refractivity contribution in [3.63, 3.8) is 0 Å². The first kappa shape index (κ1) is 11.4. The maximum absolute atomic E-state index is 11.3. The number of carbonyl (C=O) groups is 2. The van der Waals surface area contributed by atoms with Crippen LogP contribution in [-0.2, 0) is 19.1 Å².